The van der Waals surface area contributed by atoms with Crippen molar-refractivity contribution in [1.82, 2.24) is 15.2 Å². The topological polar surface area (TPSA) is 176 Å². The van der Waals surface area contributed by atoms with Crippen LogP contribution < -0.4 is 45.7 Å². The molecule has 3 N–H and O–H groups in total. The number of nitrogens with zero attached hydrogens (tertiary/aromatic N) is 3. The summed E-state index contributed by atoms with van der Waals surface area (Å²) in [5, 5.41) is 19.2. The second kappa shape index (κ2) is 10.0. The van der Waals surface area contributed by atoms with Gasteiger partial charge in [-0.1, -0.05) is 5.16 Å². The van der Waals surface area contributed by atoms with E-state index < -0.39 is 41.1 Å². The van der Waals surface area contributed by atoms with Gasteiger partial charge in [-0.05, 0) is 17.9 Å². The minimum Gasteiger partial charge on any atom is -0.543 e. The molecule has 15 heteroatoms. The number of carboxylic acid groups (broad SMARTS) is 1. The third-order valence-corrected chi connectivity index (χ3v) is 7.36. The van der Waals surface area contributed by atoms with Crippen molar-refractivity contribution in [2.75, 3.05) is 25.7 Å². The molecule has 1 aromatic rings. The number of hydrogen-bond donors (Lipinski definition) is 2. The first-order valence-corrected chi connectivity index (χ1v) is 11.3. The van der Waals surface area contributed by atoms with Crippen LogP contribution >= 0.6 is 23.1 Å². The number of thiazole rings is 1. The smallest absolute Gasteiger partial charge is 0.543 e. The number of hydrogen-bond acceptors (Lipinski definition) is 12. The number of esters is 1. The first-order chi connectivity index (χ1) is 15.3. The predicted molar refractivity (Wildman–Crippen MR) is 111 cm³/mol. The number of anilines is 1. The number of carboxylic acids is 1. The van der Waals surface area contributed by atoms with E-state index in [-0.39, 0.29) is 63.5 Å². The molecule has 0 bridgehead atoms. The standard InChI is InChI=1S/C18H19N5O7S2.Na/c1-29-17(28)7-3-6(7)8-4-31-15-11(14(25)23(15)12(8)16(26)27)21-13(24)10(22-30-2)9-5-32-18(19)20-9;/h5-7,11,15H,3-4H2,1-2H3,(H2,19,20)(H,21,24)(H,26,27);/q;+1/p-1/b22-10-;/t6?,7?,11-,15-;/m1./s1. The van der Waals surface area contributed by atoms with Gasteiger partial charge in [-0.25, -0.2) is 4.98 Å². The van der Waals surface area contributed by atoms with Crippen molar-refractivity contribution in [2.45, 2.75) is 17.8 Å². The van der Waals surface area contributed by atoms with Gasteiger partial charge in [-0.15, -0.1) is 23.1 Å². The largest absolute Gasteiger partial charge is 1.00 e. The number of nitrogen functional groups attached to an aromatic ring is 1. The Balaban J connectivity index is 0.00000306. The number of β-lactam (4-membered cyclic amide) rings is 1. The number of ether oxygens (including phenoxy) is 1. The third-order valence-electron chi connectivity index (χ3n) is 5.38. The van der Waals surface area contributed by atoms with Crippen molar-refractivity contribution >= 4 is 57.7 Å². The predicted octanol–water partition coefficient (Wildman–Crippen LogP) is -4.71. The van der Waals surface area contributed by atoms with Crippen LogP contribution in [0.2, 0.25) is 0 Å². The average molecular weight is 503 g/mol. The number of carbonyl (C=O) groups excluding carboxylic acids is 4. The van der Waals surface area contributed by atoms with Crippen LogP contribution in [0.5, 0.6) is 0 Å². The molecule has 3 aliphatic rings. The molecule has 170 valence electrons. The summed E-state index contributed by atoms with van der Waals surface area (Å²) in [4.78, 5) is 59.0. The van der Waals surface area contributed by atoms with E-state index in [1.54, 1.807) is 0 Å². The zero-order chi connectivity index (χ0) is 23.2. The van der Waals surface area contributed by atoms with Crippen LogP contribution in [0.25, 0.3) is 0 Å². The summed E-state index contributed by atoms with van der Waals surface area (Å²) in [5.74, 6) is -3.68. The Labute approximate surface area is 218 Å². The van der Waals surface area contributed by atoms with E-state index in [0.717, 1.165) is 16.2 Å². The maximum Gasteiger partial charge on any atom is 1.00 e. The van der Waals surface area contributed by atoms with Crippen LogP contribution in [-0.2, 0) is 28.8 Å². The number of thioether (sulfide) groups is 1. The number of aliphatic carboxylic acids is 1. The summed E-state index contributed by atoms with van der Waals surface area (Å²) in [5.41, 5.74) is 5.86. The molecule has 2 aliphatic heterocycles. The molecule has 0 aromatic carbocycles. The van der Waals surface area contributed by atoms with Crippen LogP contribution in [0, 0.1) is 11.8 Å². The van der Waals surface area contributed by atoms with Gasteiger partial charge in [0.15, 0.2) is 10.8 Å². The molecule has 33 heavy (non-hydrogen) atoms. The molecule has 3 heterocycles. The Morgan fingerprint density at radius 3 is 2.67 bits per heavy atom. The van der Waals surface area contributed by atoms with Gasteiger partial charge in [-0.3, -0.25) is 19.3 Å². The SMILES string of the molecule is CO/N=C(\C(=O)N[C@@H]1C(=O)N2C(C(=O)[O-])=C(C3CC3C(=O)OC)CS[C@H]12)c1csc(N)n1.[Na+]. The molecule has 4 atom stereocenters. The third kappa shape index (κ3) is 4.62. The molecular weight excluding hydrogens is 485 g/mol. The molecule has 12 nitrogen and oxygen atoms in total. The minimum atomic E-state index is -1.50. The van der Waals surface area contributed by atoms with E-state index in [4.69, 9.17) is 15.3 Å². The fraction of sp³-hybridized carbons (Fsp3) is 0.444. The van der Waals surface area contributed by atoms with Gasteiger partial charge >= 0.3 is 35.5 Å². The second-order valence-electron chi connectivity index (χ2n) is 7.19. The molecule has 1 aromatic heterocycles. The number of amides is 2. The fourth-order valence-electron chi connectivity index (χ4n) is 3.81. The number of fused-ring (bicyclic) bond motifs is 1. The summed E-state index contributed by atoms with van der Waals surface area (Å²) in [6.45, 7) is 0. The first kappa shape index (κ1) is 25.5. The van der Waals surface area contributed by atoms with Crippen molar-refractivity contribution in [3.8, 4) is 0 Å². The van der Waals surface area contributed by atoms with Gasteiger partial charge in [0.25, 0.3) is 11.8 Å². The van der Waals surface area contributed by atoms with Crippen molar-refractivity contribution < 1.29 is 63.4 Å². The van der Waals surface area contributed by atoms with Crippen molar-refractivity contribution in [3.63, 3.8) is 0 Å². The number of nitrogens with one attached hydrogen (secondary N) is 1. The van der Waals surface area contributed by atoms with E-state index in [0.29, 0.717) is 12.0 Å². The quantitative estimate of drug-likeness (QED) is 0.121. The molecule has 2 fully saturated rings. The van der Waals surface area contributed by atoms with Gasteiger partial charge in [-0.2, -0.15) is 0 Å². The Morgan fingerprint density at radius 1 is 1.36 bits per heavy atom. The van der Waals surface area contributed by atoms with Crippen LogP contribution in [0.15, 0.2) is 21.8 Å². The Kier molecular flexibility index (Phi) is 7.73. The number of methoxy groups -OCH3 is 1. The summed E-state index contributed by atoms with van der Waals surface area (Å²) in [6.07, 6.45) is 0.458. The molecular formula is C18H18N5NaO7S2. The minimum absolute atomic E-state index is 0. The van der Waals surface area contributed by atoms with Crippen molar-refractivity contribution in [2.24, 2.45) is 17.0 Å². The number of nitrogens with two attached hydrogens (primary N) is 1. The van der Waals surface area contributed by atoms with Crippen LogP contribution in [-0.4, -0.2) is 70.7 Å². The molecule has 1 aliphatic carbocycles. The first-order valence-electron chi connectivity index (χ1n) is 9.38. The van der Waals surface area contributed by atoms with Crippen LogP contribution in [0.1, 0.15) is 12.1 Å². The van der Waals surface area contributed by atoms with E-state index in [1.165, 1.54) is 31.4 Å². The number of rotatable bonds is 7. The van der Waals surface area contributed by atoms with E-state index >= 15 is 0 Å². The normalized spacial score (nSPS) is 25.9. The summed E-state index contributed by atoms with van der Waals surface area (Å²) < 4.78 is 4.72. The monoisotopic (exact) mass is 503 g/mol. The number of aromatic nitrogens is 1. The molecule has 0 spiro atoms. The maximum atomic E-state index is 12.8. The molecule has 1 saturated heterocycles. The second-order valence-corrected chi connectivity index (χ2v) is 9.18. The van der Waals surface area contributed by atoms with E-state index in [2.05, 4.69) is 15.5 Å². The molecule has 4 rings (SSSR count). The summed E-state index contributed by atoms with van der Waals surface area (Å²) in [7, 11) is 2.53. The maximum absolute atomic E-state index is 12.8. The van der Waals surface area contributed by atoms with E-state index in [1.807, 2.05) is 0 Å². The Morgan fingerprint density at radius 2 is 2.09 bits per heavy atom. The van der Waals surface area contributed by atoms with Crippen LogP contribution in [0.3, 0.4) is 0 Å². The van der Waals surface area contributed by atoms with Crippen molar-refractivity contribution in [1.29, 1.82) is 0 Å². The molecule has 2 unspecified atom stereocenters. The molecule has 0 radical (unpaired) electrons. The van der Waals surface area contributed by atoms with Gasteiger partial charge in [0.1, 0.15) is 24.2 Å². The van der Waals surface area contributed by atoms with Gasteiger partial charge < -0.3 is 30.5 Å². The van der Waals surface area contributed by atoms with Crippen molar-refractivity contribution in [3.05, 3.63) is 22.3 Å². The van der Waals surface area contributed by atoms with E-state index in [9.17, 15) is 24.3 Å². The summed E-state index contributed by atoms with van der Waals surface area (Å²) in [6, 6.07) is -0.975. The Bertz CT molecular complexity index is 1070. The zero-order valence-corrected chi connectivity index (χ0v) is 21.5. The van der Waals surface area contributed by atoms with Gasteiger partial charge in [0.05, 0.1) is 24.7 Å². The van der Waals surface area contributed by atoms with Gasteiger partial charge in [0, 0.05) is 11.1 Å². The number of oxime groups is 1. The summed E-state index contributed by atoms with van der Waals surface area (Å²) >= 11 is 2.40. The van der Waals surface area contributed by atoms with Crippen LogP contribution in [0.4, 0.5) is 5.13 Å². The average Bonchev–Trinajstić information content (AvgIpc) is 3.46. The number of carbonyl (C=O) groups is 4. The van der Waals surface area contributed by atoms with Gasteiger partial charge in [0.2, 0.25) is 0 Å². The molecule has 2 amide bonds. The fourth-order valence-corrected chi connectivity index (χ4v) is 5.79. The Hall–Kier alpha value is -2.13. The molecule has 1 saturated carbocycles. The zero-order valence-electron chi connectivity index (χ0n) is 17.9.